The van der Waals surface area contributed by atoms with E-state index in [-0.39, 0.29) is 17.4 Å². The van der Waals surface area contributed by atoms with Crippen molar-refractivity contribution < 1.29 is 5.11 Å². The van der Waals surface area contributed by atoms with Gasteiger partial charge in [0.05, 0.1) is 5.56 Å². The quantitative estimate of drug-likeness (QED) is 0.889. The number of aromatic nitrogens is 2. The molecule has 2 atom stereocenters. The smallest absolute Gasteiger partial charge is 0.258 e. The van der Waals surface area contributed by atoms with Crippen LogP contribution in [0.3, 0.4) is 0 Å². The van der Waals surface area contributed by atoms with Gasteiger partial charge in [0, 0.05) is 5.92 Å². The van der Waals surface area contributed by atoms with Gasteiger partial charge in [-0.3, -0.25) is 4.79 Å². The Morgan fingerprint density at radius 2 is 1.86 bits per heavy atom. The average molecular weight is 290 g/mol. The third-order valence-corrected chi connectivity index (χ3v) is 5.46. The molecule has 4 heteroatoms. The van der Waals surface area contributed by atoms with E-state index in [2.05, 4.69) is 16.9 Å². The maximum Gasteiger partial charge on any atom is 0.258 e. The van der Waals surface area contributed by atoms with E-state index in [1.54, 1.807) is 0 Å². The van der Waals surface area contributed by atoms with Crippen molar-refractivity contribution in [2.24, 2.45) is 5.92 Å². The second-order valence-corrected chi connectivity index (χ2v) is 6.81. The highest BCUT2D eigenvalue weighted by Gasteiger charge is 2.28. The molecule has 2 N–H and O–H groups in total. The number of hydrogen-bond donors (Lipinski definition) is 2. The number of hydrogen-bond acceptors (Lipinski definition) is 3. The van der Waals surface area contributed by atoms with E-state index in [1.165, 1.54) is 19.3 Å². The van der Waals surface area contributed by atoms with Crippen molar-refractivity contribution in [3.05, 3.63) is 21.7 Å². The Bertz CT molecular complexity index is 546. The predicted octanol–water partition coefficient (Wildman–Crippen LogP) is 3.82. The number of rotatable bonds is 3. The van der Waals surface area contributed by atoms with Crippen molar-refractivity contribution in [2.45, 2.75) is 76.5 Å². The Labute approximate surface area is 126 Å². The molecule has 1 heterocycles. The van der Waals surface area contributed by atoms with Gasteiger partial charge in [0.15, 0.2) is 0 Å². The van der Waals surface area contributed by atoms with Crippen molar-refractivity contribution >= 4 is 0 Å². The van der Waals surface area contributed by atoms with Crippen LogP contribution >= 0.6 is 0 Å². The van der Waals surface area contributed by atoms with Crippen molar-refractivity contribution in [2.75, 3.05) is 0 Å². The molecule has 1 aromatic rings. The van der Waals surface area contributed by atoms with E-state index in [4.69, 9.17) is 0 Å². The lowest BCUT2D eigenvalue weighted by atomic mass is 9.80. The summed E-state index contributed by atoms with van der Waals surface area (Å²) >= 11 is 0. The first kappa shape index (κ1) is 14.6. The first-order valence-electron chi connectivity index (χ1n) is 8.52. The standard InChI is InChI=1S/C17H26N2O2/c1-2-11-6-5-9-13(10-11)15-18-16(20)14(17(21)19-15)12-7-3-4-8-12/h11-13H,2-10H2,1H3,(H2,18,19,20,21). The van der Waals surface area contributed by atoms with Gasteiger partial charge in [0.2, 0.25) is 5.88 Å². The van der Waals surface area contributed by atoms with Crippen LogP contribution in [0.2, 0.25) is 0 Å². The molecule has 4 nitrogen and oxygen atoms in total. The summed E-state index contributed by atoms with van der Waals surface area (Å²) in [4.78, 5) is 19.7. The molecule has 0 bridgehead atoms. The lowest BCUT2D eigenvalue weighted by Gasteiger charge is -2.27. The van der Waals surface area contributed by atoms with E-state index >= 15 is 0 Å². The van der Waals surface area contributed by atoms with E-state index in [0.29, 0.717) is 17.3 Å². The predicted molar refractivity (Wildman–Crippen MR) is 82.7 cm³/mol. The average Bonchev–Trinajstić information content (AvgIpc) is 3.00. The van der Waals surface area contributed by atoms with E-state index in [0.717, 1.165) is 44.4 Å². The van der Waals surface area contributed by atoms with Crippen molar-refractivity contribution in [3.63, 3.8) is 0 Å². The minimum atomic E-state index is -0.108. The highest BCUT2D eigenvalue weighted by Crippen LogP contribution is 2.38. The van der Waals surface area contributed by atoms with Gasteiger partial charge in [0.1, 0.15) is 5.82 Å². The maximum absolute atomic E-state index is 12.4. The van der Waals surface area contributed by atoms with Gasteiger partial charge in [-0.1, -0.05) is 39.0 Å². The molecule has 116 valence electrons. The minimum Gasteiger partial charge on any atom is -0.493 e. The van der Waals surface area contributed by atoms with Gasteiger partial charge in [-0.15, -0.1) is 0 Å². The highest BCUT2D eigenvalue weighted by molar-refractivity contribution is 5.28. The molecule has 0 radical (unpaired) electrons. The second kappa shape index (κ2) is 6.20. The summed E-state index contributed by atoms with van der Waals surface area (Å²) in [6.45, 7) is 2.23. The number of nitrogens with zero attached hydrogens (tertiary/aromatic N) is 1. The van der Waals surface area contributed by atoms with Gasteiger partial charge in [-0.25, -0.2) is 0 Å². The minimum absolute atomic E-state index is 0.0146. The van der Waals surface area contributed by atoms with Crippen LogP contribution in [0.5, 0.6) is 5.88 Å². The molecule has 2 aliphatic rings. The van der Waals surface area contributed by atoms with Gasteiger partial charge < -0.3 is 10.1 Å². The van der Waals surface area contributed by atoms with Crippen LogP contribution < -0.4 is 5.56 Å². The summed E-state index contributed by atoms with van der Waals surface area (Å²) in [5.41, 5.74) is 0.419. The third-order valence-electron chi connectivity index (χ3n) is 5.46. The molecule has 2 fully saturated rings. The topological polar surface area (TPSA) is 66.0 Å². The molecular formula is C17H26N2O2. The Hall–Kier alpha value is -1.32. The Balaban J connectivity index is 1.86. The summed E-state index contributed by atoms with van der Waals surface area (Å²) in [6, 6.07) is 0. The fourth-order valence-corrected chi connectivity index (χ4v) is 4.17. The van der Waals surface area contributed by atoms with Crippen LogP contribution in [0.1, 0.15) is 87.9 Å². The number of H-pyrrole nitrogens is 1. The molecule has 0 aliphatic heterocycles. The summed E-state index contributed by atoms with van der Waals surface area (Å²) in [5.74, 6) is 1.92. The zero-order chi connectivity index (χ0) is 14.8. The lowest BCUT2D eigenvalue weighted by Crippen LogP contribution is -2.23. The number of aromatic hydroxyl groups is 1. The molecule has 0 aromatic carbocycles. The Morgan fingerprint density at radius 3 is 2.52 bits per heavy atom. The second-order valence-electron chi connectivity index (χ2n) is 6.81. The van der Waals surface area contributed by atoms with Crippen LogP contribution in [-0.2, 0) is 0 Å². The van der Waals surface area contributed by atoms with Crippen LogP contribution in [-0.4, -0.2) is 15.1 Å². The maximum atomic E-state index is 12.4. The van der Waals surface area contributed by atoms with E-state index in [9.17, 15) is 9.90 Å². The third kappa shape index (κ3) is 2.99. The van der Waals surface area contributed by atoms with Gasteiger partial charge in [-0.2, -0.15) is 4.98 Å². The van der Waals surface area contributed by atoms with Gasteiger partial charge in [0.25, 0.3) is 5.56 Å². The lowest BCUT2D eigenvalue weighted by molar-refractivity contribution is 0.304. The molecule has 3 rings (SSSR count). The van der Waals surface area contributed by atoms with Crippen molar-refractivity contribution in [1.82, 2.24) is 9.97 Å². The molecule has 2 unspecified atom stereocenters. The number of aromatic amines is 1. The van der Waals surface area contributed by atoms with Gasteiger partial charge >= 0.3 is 0 Å². The van der Waals surface area contributed by atoms with Crippen molar-refractivity contribution in [3.8, 4) is 5.88 Å². The molecule has 21 heavy (non-hydrogen) atoms. The largest absolute Gasteiger partial charge is 0.493 e. The summed E-state index contributed by atoms with van der Waals surface area (Å²) in [6.07, 6.45) is 10.1. The summed E-state index contributed by atoms with van der Waals surface area (Å²) < 4.78 is 0. The fourth-order valence-electron chi connectivity index (χ4n) is 4.17. The van der Waals surface area contributed by atoms with Crippen molar-refractivity contribution in [1.29, 1.82) is 0 Å². The summed E-state index contributed by atoms with van der Waals surface area (Å²) in [7, 11) is 0. The Morgan fingerprint density at radius 1 is 1.14 bits per heavy atom. The monoisotopic (exact) mass is 290 g/mol. The highest BCUT2D eigenvalue weighted by atomic mass is 16.3. The fraction of sp³-hybridized carbons (Fsp3) is 0.765. The summed E-state index contributed by atoms with van der Waals surface area (Å²) in [5, 5.41) is 10.3. The van der Waals surface area contributed by atoms with Crippen LogP contribution in [0.15, 0.2) is 4.79 Å². The zero-order valence-electron chi connectivity index (χ0n) is 12.9. The Kier molecular flexibility index (Phi) is 4.32. The van der Waals surface area contributed by atoms with E-state index < -0.39 is 0 Å². The molecule has 0 amide bonds. The zero-order valence-corrected chi connectivity index (χ0v) is 12.9. The van der Waals surface area contributed by atoms with E-state index in [1.807, 2.05) is 0 Å². The van der Waals surface area contributed by atoms with Gasteiger partial charge in [-0.05, 0) is 37.5 Å². The molecule has 2 saturated carbocycles. The normalized spacial score (nSPS) is 27.1. The number of nitrogens with one attached hydrogen (secondary N) is 1. The van der Waals surface area contributed by atoms with Crippen LogP contribution in [0.4, 0.5) is 0 Å². The van der Waals surface area contributed by atoms with Crippen LogP contribution in [0, 0.1) is 5.92 Å². The molecule has 0 spiro atoms. The molecular weight excluding hydrogens is 264 g/mol. The SMILES string of the molecule is CCC1CCCC(c2nc(O)c(C3CCCC3)c(=O)[nH]2)C1. The molecule has 1 aromatic heterocycles. The van der Waals surface area contributed by atoms with Crippen LogP contribution in [0.25, 0.3) is 0 Å². The molecule has 0 saturated heterocycles. The first-order chi connectivity index (χ1) is 10.2. The first-order valence-corrected chi connectivity index (χ1v) is 8.52. The molecule has 2 aliphatic carbocycles.